The predicted molar refractivity (Wildman–Crippen MR) is 111 cm³/mol. The molecule has 2 rings (SSSR count). The Bertz CT molecular complexity index is 733. The van der Waals surface area contributed by atoms with E-state index in [-0.39, 0.29) is 24.9 Å². The first-order valence-corrected chi connectivity index (χ1v) is 11.2. The van der Waals surface area contributed by atoms with Gasteiger partial charge in [0.25, 0.3) is 0 Å². The van der Waals surface area contributed by atoms with Crippen molar-refractivity contribution in [2.24, 2.45) is 5.92 Å². The lowest BCUT2D eigenvalue weighted by atomic mass is 9.86. The molecule has 186 valence electrons. The summed E-state index contributed by atoms with van der Waals surface area (Å²) >= 11 is 0. The van der Waals surface area contributed by atoms with E-state index in [1.165, 1.54) is 6.92 Å². The normalized spacial score (nSPS) is 27.7. The molecule has 1 aliphatic carbocycles. The number of hydrogen-bond donors (Lipinski definition) is 1. The third-order valence-corrected chi connectivity index (χ3v) is 5.51. The predicted octanol–water partition coefficient (Wildman–Crippen LogP) is 1.16. The Kier molecular flexibility index (Phi) is 10.1. The summed E-state index contributed by atoms with van der Waals surface area (Å²) in [7, 11) is 0. The van der Waals surface area contributed by atoms with E-state index in [9.17, 15) is 24.0 Å². The molecule has 1 heterocycles. The van der Waals surface area contributed by atoms with Crippen molar-refractivity contribution < 1.29 is 47.7 Å². The van der Waals surface area contributed by atoms with Crippen LogP contribution < -0.4 is 5.32 Å². The molecule has 11 nitrogen and oxygen atoms in total. The molecule has 33 heavy (non-hydrogen) atoms. The molecule has 1 amide bonds. The summed E-state index contributed by atoms with van der Waals surface area (Å²) in [5.41, 5.74) is 0. The summed E-state index contributed by atoms with van der Waals surface area (Å²) in [5, 5.41) is 2.75. The summed E-state index contributed by atoms with van der Waals surface area (Å²) in [6.45, 7) is 4.30. The van der Waals surface area contributed by atoms with E-state index in [1.807, 2.05) is 0 Å². The Labute approximate surface area is 192 Å². The summed E-state index contributed by atoms with van der Waals surface area (Å²) in [6, 6.07) is -1.15. The van der Waals surface area contributed by atoms with Gasteiger partial charge in [0.1, 0.15) is 18.8 Å². The van der Waals surface area contributed by atoms with Crippen molar-refractivity contribution in [1.82, 2.24) is 5.32 Å². The minimum atomic E-state index is -1.37. The van der Waals surface area contributed by atoms with Crippen LogP contribution in [0.25, 0.3) is 0 Å². The Balaban J connectivity index is 2.31. The lowest BCUT2D eigenvalue weighted by Crippen LogP contribution is -2.67. The van der Waals surface area contributed by atoms with Crippen molar-refractivity contribution in [2.45, 2.75) is 96.9 Å². The van der Waals surface area contributed by atoms with Crippen molar-refractivity contribution in [3.8, 4) is 0 Å². The topological polar surface area (TPSA) is 144 Å². The molecule has 1 saturated carbocycles. The highest BCUT2D eigenvalue weighted by atomic mass is 16.7. The van der Waals surface area contributed by atoms with Crippen LogP contribution in [0.4, 0.5) is 0 Å². The van der Waals surface area contributed by atoms with E-state index in [2.05, 4.69) is 5.32 Å². The van der Waals surface area contributed by atoms with Crippen LogP contribution >= 0.6 is 0 Å². The average Bonchev–Trinajstić information content (AvgIpc) is 2.70. The highest BCUT2D eigenvalue weighted by Crippen LogP contribution is 2.29. The maximum atomic E-state index is 12.8. The van der Waals surface area contributed by atoms with Crippen LogP contribution in [0.15, 0.2) is 0 Å². The molecule has 1 N–H and O–H groups in total. The fraction of sp³-hybridized carbons (Fsp3) is 0.773. The zero-order chi connectivity index (χ0) is 24.5. The molecule has 0 bridgehead atoms. The maximum Gasteiger partial charge on any atom is 0.305 e. The van der Waals surface area contributed by atoms with E-state index in [0.717, 1.165) is 52.9 Å². The summed E-state index contributed by atoms with van der Waals surface area (Å²) < 4.78 is 26.8. The molecule has 1 aliphatic heterocycles. The van der Waals surface area contributed by atoms with Crippen molar-refractivity contribution >= 4 is 29.8 Å². The van der Waals surface area contributed by atoms with Crippen LogP contribution in [-0.4, -0.2) is 67.0 Å². The monoisotopic (exact) mass is 471 g/mol. The SMILES string of the molecule is CC(=O)OC[C@H]1OC(OC(C)=O)[C@H](NC(=O)CC2CCCCC2)[C@@H](OC(C)=O)[C@H]1OC(C)=O. The van der Waals surface area contributed by atoms with E-state index in [0.29, 0.717) is 0 Å². The van der Waals surface area contributed by atoms with Crippen LogP contribution in [0.2, 0.25) is 0 Å². The van der Waals surface area contributed by atoms with Gasteiger partial charge in [-0.1, -0.05) is 19.3 Å². The first-order valence-electron chi connectivity index (χ1n) is 11.2. The number of amides is 1. The first kappa shape index (κ1) is 26.6. The minimum absolute atomic E-state index is 0.226. The van der Waals surface area contributed by atoms with Crippen molar-refractivity contribution in [2.75, 3.05) is 6.61 Å². The van der Waals surface area contributed by atoms with Gasteiger partial charge < -0.3 is 29.0 Å². The van der Waals surface area contributed by atoms with Crippen molar-refractivity contribution in [1.29, 1.82) is 0 Å². The van der Waals surface area contributed by atoms with Gasteiger partial charge in [-0.05, 0) is 18.8 Å². The first-order chi connectivity index (χ1) is 15.6. The highest BCUT2D eigenvalue weighted by Gasteiger charge is 2.52. The minimum Gasteiger partial charge on any atom is -0.463 e. The van der Waals surface area contributed by atoms with Gasteiger partial charge in [0, 0.05) is 34.1 Å². The smallest absolute Gasteiger partial charge is 0.305 e. The molecule has 1 unspecified atom stereocenters. The van der Waals surface area contributed by atoms with Gasteiger partial charge in [-0.3, -0.25) is 24.0 Å². The number of ether oxygens (including phenoxy) is 5. The van der Waals surface area contributed by atoms with E-state index < -0.39 is 54.5 Å². The zero-order valence-electron chi connectivity index (χ0n) is 19.5. The fourth-order valence-corrected chi connectivity index (χ4v) is 4.22. The number of carbonyl (C=O) groups is 5. The van der Waals surface area contributed by atoms with Crippen molar-refractivity contribution in [3.05, 3.63) is 0 Å². The van der Waals surface area contributed by atoms with Crippen LogP contribution in [0.1, 0.15) is 66.2 Å². The Hall–Kier alpha value is -2.69. The van der Waals surface area contributed by atoms with Crippen LogP contribution in [-0.2, 0) is 47.7 Å². The van der Waals surface area contributed by atoms with Crippen LogP contribution in [0.5, 0.6) is 0 Å². The molecule has 0 aromatic carbocycles. The van der Waals surface area contributed by atoms with Crippen LogP contribution in [0, 0.1) is 5.92 Å². The number of esters is 4. The molecular weight excluding hydrogens is 438 g/mol. The third-order valence-electron chi connectivity index (χ3n) is 5.51. The largest absolute Gasteiger partial charge is 0.463 e. The molecule has 1 saturated heterocycles. The summed E-state index contributed by atoms with van der Waals surface area (Å²) in [4.78, 5) is 59.6. The molecule has 11 heteroatoms. The van der Waals surface area contributed by atoms with E-state index >= 15 is 0 Å². The van der Waals surface area contributed by atoms with Crippen molar-refractivity contribution in [3.63, 3.8) is 0 Å². The van der Waals surface area contributed by atoms with Gasteiger partial charge >= 0.3 is 23.9 Å². The van der Waals surface area contributed by atoms with Gasteiger partial charge in [0.15, 0.2) is 12.2 Å². The van der Waals surface area contributed by atoms with Gasteiger partial charge in [-0.25, -0.2) is 0 Å². The van der Waals surface area contributed by atoms with E-state index in [1.54, 1.807) is 0 Å². The third kappa shape index (κ3) is 8.64. The molecule has 2 fully saturated rings. The molecule has 0 radical (unpaired) electrons. The number of nitrogens with one attached hydrogen (secondary N) is 1. The molecule has 0 spiro atoms. The number of rotatable bonds is 8. The standard InChI is InChI=1S/C22H33NO10/c1-12(24)29-11-17-20(30-13(2)25)21(31-14(3)26)19(22(33-17)32-15(4)27)23-18(28)10-16-8-6-5-7-9-16/h16-17,19-22H,5-11H2,1-4H3,(H,23,28)/t17-,19-,20+,21-,22?/m1/s1. The molecule has 0 aromatic heterocycles. The number of carbonyl (C=O) groups excluding carboxylic acids is 5. The maximum absolute atomic E-state index is 12.8. The molecule has 0 aromatic rings. The number of hydrogen-bond acceptors (Lipinski definition) is 10. The zero-order valence-corrected chi connectivity index (χ0v) is 19.5. The fourth-order valence-electron chi connectivity index (χ4n) is 4.22. The highest BCUT2D eigenvalue weighted by molar-refractivity contribution is 5.77. The second-order valence-corrected chi connectivity index (χ2v) is 8.40. The second kappa shape index (κ2) is 12.5. The van der Waals surface area contributed by atoms with E-state index in [4.69, 9.17) is 23.7 Å². The average molecular weight is 472 g/mol. The lowest BCUT2D eigenvalue weighted by Gasteiger charge is -2.44. The summed E-state index contributed by atoms with van der Waals surface area (Å²) in [6.07, 6.45) is 0.444. The Morgan fingerprint density at radius 3 is 1.91 bits per heavy atom. The summed E-state index contributed by atoms with van der Waals surface area (Å²) in [5.74, 6) is -2.83. The van der Waals surface area contributed by atoms with Crippen LogP contribution in [0.3, 0.4) is 0 Å². The quantitative estimate of drug-likeness (QED) is 0.404. The Morgan fingerprint density at radius 1 is 0.788 bits per heavy atom. The van der Waals surface area contributed by atoms with Gasteiger partial charge in [0.2, 0.25) is 12.2 Å². The Morgan fingerprint density at radius 2 is 1.36 bits per heavy atom. The second-order valence-electron chi connectivity index (χ2n) is 8.40. The van der Waals surface area contributed by atoms with Gasteiger partial charge in [0.05, 0.1) is 0 Å². The molecular formula is C22H33NO10. The lowest BCUT2D eigenvalue weighted by molar-refractivity contribution is -0.271. The van der Waals surface area contributed by atoms with Gasteiger partial charge in [-0.15, -0.1) is 0 Å². The van der Waals surface area contributed by atoms with Gasteiger partial charge in [-0.2, -0.15) is 0 Å². The molecule has 2 aliphatic rings. The molecule has 5 atom stereocenters.